The Bertz CT molecular complexity index is 721. The van der Waals surface area contributed by atoms with Gasteiger partial charge in [0, 0.05) is 24.9 Å². The second kappa shape index (κ2) is 5.88. The zero-order chi connectivity index (χ0) is 15.6. The minimum atomic E-state index is -0.616. The van der Waals surface area contributed by atoms with Crippen LogP contribution in [0, 0.1) is 15.9 Å². The molecule has 0 aliphatic carbocycles. The number of carbonyl (C=O) groups is 1. The fourth-order valence-electron chi connectivity index (χ4n) is 1.77. The Kier molecular flexibility index (Phi) is 4.18. The van der Waals surface area contributed by atoms with E-state index in [9.17, 15) is 19.3 Å². The summed E-state index contributed by atoms with van der Waals surface area (Å²) in [5.41, 5.74) is 0.0654. The quantitative estimate of drug-likeness (QED) is 0.642. The highest BCUT2D eigenvalue weighted by molar-refractivity contribution is 6.34. The molecule has 2 aromatic carbocycles. The van der Waals surface area contributed by atoms with Crippen molar-refractivity contribution in [3.8, 4) is 0 Å². The van der Waals surface area contributed by atoms with Gasteiger partial charge in [-0.3, -0.25) is 14.9 Å². The summed E-state index contributed by atoms with van der Waals surface area (Å²) in [6.07, 6.45) is 0. The van der Waals surface area contributed by atoms with Gasteiger partial charge in [0.1, 0.15) is 5.82 Å². The number of rotatable bonds is 3. The van der Waals surface area contributed by atoms with Crippen molar-refractivity contribution in [3.63, 3.8) is 0 Å². The van der Waals surface area contributed by atoms with Crippen molar-refractivity contribution >= 4 is 28.9 Å². The first-order valence-electron chi connectivity index (χ1n) is 5.87. The Morgan fingerprint density at radius 1 is 1.29 bits per heavy atom. The topological polar surface area (TPSA) is 63.5 Å². The molecule has 0 bridgehead atoms. The third-order valence-electron chi connectivity index (χ3n) is 2.89. The highest BCUT2D eigenvalue weighted by Gasteiger charge is 2.20. The van der Waals surface area contributed by atoms with Gasteiger partial charge in [0.15, 0.2) is 0 Å². The van der Waals surface area contributed by atoms with Crippen molar-refractivity contribution in [3.05, 3.63) is 69.0 Å². The number of hydrogen-bond donors (Lipinski definition) is 0. The second-order valence-electron chi connectivity index (χ2n) is 4.27. The summed E-state index contributed by atoms with van der Waals surface area (Å²) >= 11 is 5.91. The number of hydrogen-bond acceptors (Lipinski definition) is 3. The average Bonchev–Trinajstić information content (AvgIpc) is 2.46. The third-order valence-corrected chi connectivity index (χ3v) is 3.22. The summed E-state index contributed by atoms with van der Waals surface area (Å²) in [6.45, 7) is 0. The first kappa shape index (κ1) is 14.9. The first-order valence-corrected chi connectivity index (χ1v) is 6.25. The second-order valence-corrected chi connectivity index (χ2v) is 4.67. The average molecular weight is 309 g/mol. The van der Waals surface area contributed by atoms with E-state index in [4.69, 9.17) is 11.6 Å². The number of benzene rings is 2. The van der Waals surface area contributed by atoms with Crippen LogP contribution in [0.1, 0.15) is 10.4 Å². The van der Waals surface area contributed by atoms with Crippen molar-refractivity contribution in [1.29, 1.82) is 0 Å². The van der Waals surface area contributed by atoms with E-state index in [2.05, 4.69) is 0 Å². The van der Waals surface area contributed by atoms with Gasteiger partial charge < -0.3 is 4.90 Å². The van der Waals surface area contributed by atoms with Crippen LogP contribution < -0.4 is 4.90 Å². The molecule has 0 spiro atoms. The maximum atomic E-state index is 13.2. The number of amides is 1. The summed E-state index contributed by atoms with van der Waals surface area (Å²) in [6, 6.07) is 9.04. The van der Waals surface area contributed by atoms with Crippen LogP contribution in [0.5, 0.6) is 0 Å². The number of nitro groups is 1. The maximum Gasteiger partial charge on any atom is 0.270 e. The molecule has 0 aromatic heterocycles. The molecule has 0 fully saturated rings. The van der Waals surface area contributed by atoms with Crippen LogP contribution in [0.2, 0.25) is 5.02 Å². The van der Waals surface area contributed by atoms with Crippen LogP contribution >= 0.6 is 11.6 Å². The van der Waals surface area contributed by atoms with Crippen LogP contribution in [0.4, 0.5) is 15.8 Å². The molecular formula is C14H10ClFN2O3. The monoisotopic (exact) mass is 308 g/mol. The highest BCUT2D eigenvalue weighted by atomic mass is 35.5. The van der Waals surface area contributed by atoms with E-state index >= 15 is 0 Å². The molecular weight excluding hydrogens is 299 g/mol. The van der Waals surface area contributed by atoms with E-state index < -0.39 is 16.6 Å². The SMILES string of the molecule is CN(C(=O)c1cc([N+](=O)[O-])ccc1Cl)c1cccc(F)c1. The molecule has 108 valence electrons. The first-order chi connectivity index (χ1) is 9.90. The van der Waals surface area contributed by atoms with E-state index in [0.29, 0.717) is 5.69 Å². The zero-order valence-electron chi connectivity index (χ0n) is 10.9. The van der Waals surface area contributed by atoms with Crippen LogP contribution in [0.3, 0.4) is 0 Å². The Morgan fingerprint density at radius 2 is 2.00 bits per heavy atom. The van der Waals surface area contributed by atoms with E-state index in [0.717, 1.165) is 6.07 Å². The van der Waals surface area contributed by atoms with E-state index in [-0.39, 0.29) is 16.3 Å². The van der Waals surface area contributed by atoms with Crippen molar-refractivity contribution in [2.45, 2.75) is 0 Å². The summed E-state index contributed by atoms with van der Waals surface area (Å²) < 4.78 is 13.2. The molecule has 0 atom stereocenters. The van der Waals surface area contributed by atoms with Crippen molar-refractivity contribution in [2.24, 2.45) is 0 Å². The number of halogens is 2. The Hall–Kier alpha value is -2.47. The molecule has 2 aromatic rings. The van der Waals surface area contributed by atoms with Crippen LogP contribution in [-0.2, 0) is 0 Å². The van der Waals surface area contributed by atoms with Gasteiger partial charge >= 0.3 is 0 Å². The summed E-state index contributed by atoms with van der Waals surface area (Å²) in [5, 5.41) is 10.9. The minimum absolute atomic E-state index is 0.0161. The molecule has 0 saturated carbocycles. The Labute approximate surface area is 124 Å². The Balaban J connectivity index is 2.39. The number of nitrogens with zero attached hydrogens (tertiary/aromatic N) is 2. The fraction of sp³-hybridized carbons (Fsp3) is 0.0714. The van der Waals surface area contributed by atoms with Crippen molar-refractivity contribution < 1.29 is 14.1 Å². The van der Waals surface area contributed by atoms with Gasteiger partial charge in [-0.2, -0.15) is 0 Å². The summed E-state index contributed by atoms with van der Waals surface area (Å²) in [5.74, 6) is -1.05. The Morgan fingerprint density at radius 3 is 2.62 bits per heavy atom. The van der Waals surface area contributed by atoms with E-state index in [1.807, 2.05) is 0 Å². The predicted molar refractivity (Wildman–Crippen MR) is 77.2 cm³/mol. The van der Waals surface area contributed by atoms with E-state index in [1.165, 1.54) is 42.3 Å². The lowest BCUT2D eigenvalue weighted by molar-refractivity contribution is -0.384. The molecule has 0 radical (unpaired) electrons. The lowest BCUT2D eigenvalue weighted by Gasteiger charge is -2.18. The zero-order valence-corrected chi connectivity index (χ0v) is 11.7. The largest absolute Gasteiger partial charge is 0.311 e. The van der Waals surface area contributed by atoms with Gasteiger partial charge in [-0.15, -0.1) is 0 Å². The lowest BCUT2D eigenvalue weighted by atomic mass is 10.1. The predicted octanol–water partition coefficient (Wildman–Crippen LogP) is 3.66. The number of non-ortho nitro benzene ring substituents is 1. The molecule has 21 heavy (non-hydrogen) atoms. The normalized spacial score (nSPS) is 10.2. The minimum Gasteiger partial charge on any atom is -0.311 e. The molecule has 1 amide bonds. The van der Waals surface area contributed by atoms with Crippen LogP contribution in [-0.4, -0.2) is 17.9 Å². The van der Waals surface area contributed by atoms with Gasteiger partial charge in [-0.05, 0) is 24.3 Å². The third kappa shape index (κ3) is 3.17. The molecule has 0 saturated heterocycles. The number of carbonyl (C=O) groups excluding carboxylic acids is 1. The van der Waals surface area contributed by atoms with Crippen LogP contribution in [0.15, 0.2) is 42.5 Å². The summed E-state index contributed by atoms with van der Waals surface area (Å²) in [4.78, 5) is 23.7. The number of anilines is 1. The van der Waals surface area contributed by atoms with Gasteiger partial charge in [0.05, 0.1) is 15.5 Å². The smallest absolute Gasteiger partial charge is 0.270 e. The lowest BCUT2D eigenvalue weighted by Crippen LogP contribution is -2.26. The molecule has 5 nitrogen and oxygen atoms in total. The molecule has 2 rings (SSSR count). The van der Waals surface area contributed by atoms with E-state index in [1.54, 1.807) is 6.07 Å². The molecule has 0 heterocycles. The van der Waals surface area contributed by atoms with Crippen LogP contribution in [0.25, 0.3) is 0 Å². The molecule has 0 aliphatic rings. The van der Waals surface area contributed by atoms with Gasteiger partial charge in [0.2, 0.25) is 0 Å². The molecule has 0 N–H and O–H groups in total. The molecule has 0 unspecified atom stereocenters. The summed E-state index contributed by atoms with van der Waals surface area (Å²) in [7, 11) is 1.44. The highest BCUT2D eigenvalue weighted by Crippen LogP contribution is 2.25. The standard InChI is InChI=1S/C14H10ClFN2O3/c1-17(10-4-2-3-9(16)7-10)14(19)12-8-11(18(20)21)5-6-13(12)15/h2-8H,1H3. The molecule has 7 heteroatoms. The fourth-order valence-corrected chi connectivity index (χ4v) is 1.97. The molecule has 0 aliphatic heterocycles. The van der Waals surface area contributed by atoms with Crippen molar-refractivity contribution in [1.82, 2.24) is 0 Å². The van der Waals surface area contributed by atoms with Gasteiger partial charge in [-0.1, -0.05) is 17.7 Å². The van der Waals surface area contributed by atoms with Gasteiger partial charge in [0.25, 0.3) is 11.6 Å². The maximum absolute atomic E-state index is 13.2. The van der Waals surface area contributed by atoms with Gasteiger partial charge in [-0.25, -0.2) is 4.39 Å². The number of nitro benzene ring substituents is 1. The van der Waals surface area contributed by atoms with Crippen molar-refractivity contribution in [2.75, 3.05) is 11.9 Å².